The van der Waals surface area contributed by atoms with E-state index in [9.17, 15) is 19.7 Å². The van der Waals surface area contributed by atoms with Gasteiger partial charge in [-0.3, -0.25) is 19.7 Å². The summed E-state index contributed by atoms with van der Waals surface area (Å²) in [6.45, 7) is 0. The molecule has 2 aromatic carbocycles. The highest BCUT2D eigenvalue weighted by molar-refractivity contribution is 5.80. The lowest BCUT2D eigenvalue weighted by Gasteiger charge is -2.17. The van der Waals surface area contributed by atoms with Gasteiger partial charge in [0.25, 0.3) is 5.69 Å². The molecule has 2 rings (SSSR count). The predicted molar refractivity (Wildman–Crippen MR) is 86.4 cm³/mol. The van der Waals surface area contributed by atoms with Crippen LogP contribution in [0.4, 0.5) is 5.69 Å². The van der Waals surface area contributed by atoms with Gasteiger partial charge in [0.1, 0.15) is 0 Å². The number of carboxylic acids is 1. The zero-order chi connectivity index (χ0) is 17.5. The van der Waals surface area contributed by atoms with Crippen LogP contribution in [0.25, 0.3) is 0 Å². The van der Waals surface area contributed by atoms with E-state index in [-0.39, 0.29) is 24.4 Å². The van der Waals surface area contributed by atoms with Crippen LogP contribution in [-0.4, -0.2) is 21.9 Å². The van der Waals surface area contributed by atoms with Crippen LogP contribution in [0.2, 0.25) is 0 Å². The monoisotopic (exact) mass is 328 g/mol. The van der Waals surface area contributed by atoms with Crippen LogP contribution >= 0.6 is 0 Å². The summed E-state index contributed by atoms with van der Waals surface area (Å²) >= 11 is 0. The van der Waals surface area contributed by atoms with Crippen molar-refractivity contribution >= 4 is 17.6 Å². The van der Waals surface area contributed by atoms with Gasteiger partial charge in [-0.15, -0.1) is 0 Å². The lowest BCUT2D eigenvalue weighted by Crippen LogP contribution is -2.31. The molecule has 7 nitrogen and oxygen atoms in total. The van der Waals surface area contributed by atoms with Gasteiger partial charge in [-0.05, 0) is 11.1 Å². The molecule has 24 heavy (non-hydrogen) atoms. The Morgan fingerprint density at radius 3 is 2.46 bits per heavy atom. The molecule has 0 aliphatic heterocycles. The Morgan fingerprint density at radius 1 is 1.12 bits per heavy atom. The third-order valence-electron chi connectivity index (χ3n) is 3.40. The molecule has 0 unspecified atom stereocenters. The summed E-state index contributed by atoms with van der Waals surface area (Å²) < 4.78 is 0. The number of nitrogens with zero attached hydrogens (tertiary/aromatic N) is 1. The van der Waals surface area contributed by atoms with Gasteiger partial charge >= 0.3 is 5.97 Å². The lowest BCUT2D eigenvalue weighted by atomic mass is 10.0. The van der Waals surface area contributed by atoms with Crippen LogP contribution < -0.4 is 5.32 Å². The maximum Gasteiger partial charge on any atom is 0.305 e. The topological polar surface area (TPSA) is 110 Å². The number of non-ortho nitro benzene ring substituents is 1. The normalized spacial score (nSPS) is 11.5. The number of nitrogens with one attached hydrogen (secondary N) is 1. The van der Waals surface area contributed by atoms with Crippen molar-refractivity contribution in [1.29, 1.82) is 0 Å². The van der Waals surface area contributed by atoms with Crippen molar-refractivity contribution < 1.29 is 19.6 Å². The molecule has 2 aromatic rings. The van der Waals surface area contributed by atoms with Gasteiger partial charge in [-0.25, -0.2) is 0 Å². The van der Waals surface area contributed by atoms with Crippen LogP contribution in [-0.2, 0) is 16.0 Å². The molecule has 0 radical (unpaired) electrons. The number of amides is 1. The summed E-state index contributed by atoms with van der Waals surface area (Å²) in [5, 5.41) is 22.5. The first-order valence-corrected chi connectivity index (χ1v) is 7.25. The Kier molecular flexibility index (Phi) is 5.62. The van der Waals surface area contributed by atoms with Gasteiger partial charge in [-0.2, -0.15) is 0 Å². The van der Waals surface area contributed by atoms with Crippen LogP contribution in [0.15, 0.2) is 54.6 Å². The number of nitro groups is 1. The van der Waals surface area contributed by atoms with E-state index in [4.69, 9.17) is 5.11 Å². The first-order valence-electron chi connectivity index (χ1n) is 7.25. The highest BCUT2D eigenvalue weighted by atomic mass is 16.6. The van der Waals surface area contributed by atoms with Crippen molar-refractivity contribution in [2.24, 2.45) is 0 Å². The summed E-state index contributed by atoms with van der Waals surface area (Å²) in [5.41, 5.74) is 1.02. The fraction of sp³-hybridized carbons (Fsp3) is 0.176. The maximum absolute atomic E-state index is 12.2. The third kappa shape index (κ3) is 4.91. The van der Waals surface area contributed by atoms with E-state index in [1.807, 2.05) is 6.07 Å². The zero-order valence-corrected chi connectivity index (χ0v) is 12.7. The van der Waals surface area contributed by atoms with Gasteiger partial charge in [0.15, 0.2) is 0 Å². The first-order chi connectivity index (χ1) is 11.5. The van der Waals surface area contributed by atoms with Crippen molar-refractivity contribution in [2.45, 2.75) is 18.9 Å². The molecule has 0 saturated heterocycles. The number of carboxylic acid groups (broad SMARTS) is 1. The van der Waals surface area contributed by atoms with Crippen molar-refractivity contribution in [3.8, 4) is 0 Å². The number of carbonyl (C=O) groups excluding carboxylic acids is 1. The molecule has 0 aliphatic carbocycles. The molecule has 0 aliphatic rings. The van der Waals surface area contributed by atoms with Crippen LogP contribution in [0.3, 0.4) is 0 Å². The van der Waals surface area contributed by atoms with E-state index in [0.29, 0.717) is 5.56 Å². The summed E-state index contributed by atoms with van der Waals surface area (Å²) in [4.78, 5) is 33.5. The molecule has 0 aromatic heterocycles. The fourth-order valence-electron chi connectivity index (χ4n) is 2.31. The Bertz CT molecular complexity index is 746. The van der Waals surface area contributed by atoms with E-state index in [1.165, 1.54) is 18.2 Å². The van der Waals surface area contributed by atoms with Gasteiger partial charge in [0.2, 0.25) is 5.91 Å². The average Bonchev–Trinajstić information content (AvgIpc) is 2.55. The SMILES string of the molecule is O=C(O)C[C@H](NC(=O)Cc1ccccc1)c1cccc([N+](=O)[O-])c1. The van der Waals surface area contributed by atoms with Crippen LogP contribution in [0.5, 0.6) is 0 Å². The number of nitro benzene ring substituents is 1. The molecule has 0 heterocycles. The molecule has 7 heteroatoms. The van der Waals surface area contributed by atoms with Gasteiger partial charge in [-0.1, -0.05) is 42.5 Å². The minimum absolute atomic E-state index is 0.103. The Hall–Kier alpha value is -3.22. The fourth-order valence-corrected chi connectivity index (χ4v) is 2.31. The third-order valence-corrected chi connectivity index (χ3v) is 3.40. The second kappa shape index (κ2) is 7.87. The number of hydrogen-bond acceptors (Lipinski definition) is 4. The summed E-state index contributed by atoms with van der Waals surface area (Å²) in [5.74, 6) is -1.45. The quantitative estimate of drug-likeness (QED) is 0.599. The van der Waals surface area contributed by atoms with E-state index in [1.54, 1.807) is 30.3 Å². The van der Waals surface area contributed by atoms with Crippen molar-refractivity contribution in [3.63, 3.8) is 0 Å². The lowest BCUT2D eigenvalue weighted by molar-refractivity contribution is -0.384. The van der Waals surface area contributed by atoms with Gasteiger partial charge < -0.3 is 10.4 Å². The molecule has 1 atom stereocenters. The minimum Gasteiger partial charge on any atom is -0.481 e. The standard InChI is InChI=1S/C17H16N2O5/c20-16(9-12-5-2-1-3-6-12)18-15(11-17(21)22)13-7-4-8-14(10-13)19(23)24/h1-8,10,15H,9,11H2,(H,18,20)(H,21,22)/t15-/m0/s1. The second-order valence-electron chi connectivity index (χ2n) is 5.23. The largest absolute Gasteiger partial charge is 0.481 e. The van der Waals surface area contributed by atoms with Gasteiger partial charge in [0.05, 0.1) is 23.8 Å². The Labute approximate surface area is 138 Å². The molecule has 124 valence electrons. The highest BCUT2D eigenvalue weighted by Gasteiger charge is 2.20. The molecule has 1 amide bonds. The smallest absolute Gasteiger partial charge is 0.305 e. The summed E-state index contributed by atoms with van der Waals surface area (Å²) in [6, 6.07) is 13.8. The molecule has 0 fully saturated rings. The number of carbonyl (C=O) groups is 2. The molecule has 0 saturated carbocycles. The van der Waals surface area contributed by atoms with E-state index in [2.05, 4.69) is 5.32 Å². The van der Waals surface area contributed by atoms with E-state index in [0.717, 1.165) is 5.56 Å². The zero-order valence-electron chi connectivity index (χ0n) is 12.7. The van der Waals surface area contributed by atoms with Crippen molar-refractivity contribution in [3.05, 3.63) is 75.8 Å². The maximum atomic E-state index is 12.2. The molecular weight excluding hydrogens is 312 g/mol. The van der Waals surface area contributed by atoms with Crippen molar-refractivity contribution in [1.82, 2.24) is 5.32 Å². The van der Waals surface area contributed by atoms with Crippen LogP contribution in [0.1, 0.15) is 23.6 Å². The highest BCUT2D eigenvalue weighted by Crippen LogP contribution is 2.22. The predicted octanol–water partition coefficient (Wildman–Crippen LogP) is 2.47. The van der Waals surface area contributed by atoms with Crippen LogP contribution in [0, 0.1) is 10.1 Å². The number of hydrogen-bond donors (Lipinski definition) is 2. The number of aliphatic carboxylic acids is 1. The van der Waals surface area contributed by atoms with E-state index >= 15 is 0 Å². The summed E-state index contributed by atoms with van der Waals surface area (Å²) in [7, 11) is 0. The molecule has 2 N–H and O–H groups in total. The second-order valence-corrected chi connectivity index (χ2v) is 5.23. The van der Waals surface area contributed by atoms with E-state index < -0.39 is 16.9 Å². The molecule has 0 spiro atoms. The number of rotatable bonds is 7. The Morgan fingerprint density at radius 2 is 1.83 bits per heavy atom. The molecular formula is C17H16N2O5. The summed E-state index contributed by atoms with van der Waals surface area (Å²) in [6.07, 6.45) is -0.256. The first kappa shape index (κ1) is 17.1. The minimum atomic E-state index is -1.11. The molecule has 0 bridgehead atoms. The average molecular weight is 328 g/mol. The van der Waals surface area contributed by atoms with Crippen molar-refractivity contribution in [2.75, 3.05) is 0 Å². The Balaban J connectivity index is 2.16. The van der Waals surface area contributed by atoms with Gasteiger partial charge in [0, 0.05) is 12.1 Å². The number of benzene rings is 2.